The van der Waals surface area contributed by atoms with Gasteiger partial charge in [0, 0.05) is 0 Å². The van der Waals surface area contributed by atoms with Gasteiger partial charge in [0.1, 0.15) is 5.75 Å². The molecule has 0 aliphatic rings. The first kappa shape index (κ1) is 14.4. The molecule has 20 heavy (non-hydrogen) atoms. The summed E-state index contributed by atoms with van der Waals surface area (Å²) in [6.45, 7) is 0. The molecular formula is C14H13F3N2O. The van der Waals surface area contributed by atoms with Gasteiger partial charge in [-0.3, -0.25) is 5.84 Å². The summed E-state index contributed by atoms with van der Waals surface area (Å²) < 4.78 is 40.1. The number of hydrazine groups is 1. The molecule has 0 radical (unpaired) electrons. The topological polar surface area (TPSA) is 47.3 Å². The van der Waals surface area contributed by atoms with Gasteiger partial charge in [0.25, 0.3) is 0 Å². The van der Waals surface area contributed by atoms with Gasteiger partial charge < -0.3 is 4.74 Å². The number of benzene rings is 2. The van der Waals surface area contributed by atoms with E-state index in [1.54, 1.807) is 12.1 Å². The average molecular weight is 282 g/mol. The van der Waals surface area contributed by atoms with Crippen LogP contribution in [-0.4, -0.2) is 6.36 Å². The fourth-order valence-corrected chi connectivity index (χ4v) is 1.89. The Balaban J connectivity index is 2.20. The Morgan fingerprint density at radius 1 is 0.900 bits per heavy atom. The van der Waals surface area contributed by atoms with Crippen molar-refractivity contribution in [1.29, 1.82) is 0 Å². The molecule has 0 amide bonds. The highest BCUT2D eigenvalue weighted by atomic mass is 19.4. The molecule has 0 aromatic heterocycles. The maximum absolute atomic E-state index is 12.1. The fourth-order valence-electron chi connectivity index (χ4n) is 1.89. The zero-order valence-electron chi connectivity index (χ0n) is 10.4. The summed E-state index contributed by atoms with van der Waals surface area (Å²) in [7, 11) is 0. The second-order valence-electron chi connectivity index (χ2n) is 4.13. The molecule has 2 aromatic rings. The van der Waals surface area contributed by atoms with Crippen LogP contribution in [-0.2, 0) is 0 Å². The van der Waals surface area contributed by atoms with Crippen LogP contribution in [0.3, 0.4) is 0 Å². The predicted molar refractivity (Wildman–Crippen MR) is 68.7 cm³/mol. The van der Waals surface area contributed by atoms with E-state index < -0.39 is 6.36 Å². The molecule has 3 nitrogen and oxygen atoms in total. The largest absolute Gasteiger partial charge is 0.573 e. The Bertz CT molecular complexity index is 541. The first-order valence-corrected chi connectivity index (χ1v) is 5.86. The highest BCUT2D eigenvalue weighted by Crippen LogP contribution is 2.26. The minimum atomic E-state index is -4.69. The monoisotopic (exact) mass is 282 g/mol. The molecule has 0 saturated heterocycles. The molecule has 0 fully saturated rings. The van der Waals surface area contributed by atoms with Crippen molar-refractivity contribution in [3.63, 3.8) is 0 Å². The third kappa shape index (κ3) is 3.72. The lowest BCUT2D eigenvalue weighted by Gasteiger charge is -2.17. The molecule has 6 heteroatoms. The molecule has 2 aromatic carbocycles. The quantitative estimate of drug-likeness (QED) is 0.669. The van der Waals surface area contributed by atoms with Crippen LogP contribution < -0.4 is 16.0 Å². The molecule has 106 valence electrons. The van der Waals surface area contributed by atoms with Crippen LogP contribution in [0, 0.1) is 0 Å². The van der Waals surface area contributed by atoms with E-state index in [1.165, 1.54) is 12.1 Å². The third-order valence-corrected chi connectivity index (χ3v) is 2.75. The van der Waals surface area contributed by atoms with Gasteiger partial charge in [-0.25, -0.2) is 5.43 Å². The number of nitrogens with two attached hydrogens (primary N) is 1. The normalized spacial score (nSPS) is 13.0. The summed E-state index contributed by atoms with van der Waals surface area (Å²) in [5, 5.41) is 0. The number of nitrogens with one attached hydrogen (secondary N) is 1. The van der Waals surface area contributed by atoms with Crippen molar-refractivity contribution in [2.24, 2.45) is 5.84 Å². The van der Waals surface area contributed by atoms with Crippen molar-refractivity contribution in [2.75, 3.05) is 0 Å². The van der Waals surface area contributed by atoms with Crippen LogP contribution in [0.1, 0.15) is 17.2 Å². The second-order valence-corrected chi connectivity index (χ2v) is 4.13. The molecule has 0 bridgehead atoms. The van der Waals surface area contributed by atoms with Gasteiger partial charge in [0.15, 0.2) is 0 Å². The van der Waals surface area contributed by atoms with Crippen molar-refractivity contribution in [3.05, 3.63) is 65.7 Å². The standard InChI is InChI=1S/C14H13F3N2O/c15-14(16,17)20-12-8-6-11(7-9-12)13(19-18)10-4-2-1-3-5-10/h1-9,13,19H,18H2. The van der Waals surface area contributed by atoms with E-state index in [9.17, 15) is 13.2 Å². The number of hydrogen-bond acceptors (Lipinski definition) is 3. The lowest BCUT2D eigenvalue weighted by molar-refractivity contribution is -0.274. The van der Waals surface area contributed by atoms with E-state index in [4.69, 9.17) is 5.84 Å². The number of ether oxygens (including phenoxy) is 1. The molecule has 3 N–H and O–H groups in total. The number of hydrogen-bond donors (Lipinski definition) is 2. The summed E-state index contributed by atoms with van der Waals surface area (Å²) in [6.07, 6.45) is -4.69. The average Bonchev–Trinajstić information content (AvgIpc) is 2.41. The molecule has 0 spiro atoms. The van der Waals surface area contributed by atoms with Crippen LogP contribution in [0.15, 0.2) is 54.6 Å². The smallest absolute Gasteiger partial charge is 0.406 e. The van der Waals surface area contributed by atoms with Crippen LogP contribution >= 0.6 is 0 Å². The Hall–Kier alpha value is -2.05. The fraction of sp³-hybridized carbons (Fsp3) is 0.143. The molecule has 0 heterocycles. The van der Waals surface area contributed by atoms with Crippen LogP contribution in [0.2, 0.25) is 0 Å². The van der Waals surface area contributed by atoms with E-state index >= 15 is 0 Å². The van der Waals surface area contributed by atoms with Crippen molar-refractivity contribution in [3.8, 4) is 5.75 Å². The third-order valence-electron chi connectivity index (χ3n) is 2.75. The molecule has 1 unspecified atom stereocenters. The van der Waals surface area contributed by atoms with Crippen LogP contribution in [0.5, 0.6) is 5.75 Å². The summed E-state index contributed by atoms with van der Waals surface area (Å²) >= 11 is 0. The van der Waals surface area contributed by atoms with Crippen molar-refractivity contribution in [1.82, 2.24) is 5.43 Å². The van der Waals surface area contributed by atoms with E-state index in [0.29, 0.717) is 0 Å². The molecule has 1 atom stereocenters. The summed E-state index contributed by atoms with van der Waals surface area (Å²) in [6, 6.07) is 14.7. The first-order valence-electron chi connectivity index (χ1n) is 5.86. The number of alkyl halides is 3. The molecule has 0 aliphatic carbocycles. The van der Waals surface area contributed by atoms with E-state index in [0.717, 1.165) is 11.1 Å². The second kappa shape index (κ2) is 5.94. The van der Waals surface area contributed by atoms with Crippen molar-refractivity contribution < 1.29 is 17.9 Å². The maximum atomic E-state index is 12.1. The summed E-state index contributed by atoms with van der Waals surface area (Å²) in [5.41, 5.74) is 4.30. The SMILES string of the molecule is NNC(c1ccccc1)c1ccc(OC(F)(F)F)cc1. The lowest BCUT2D eigenvalue weighted by Crippen LogP contribution is -2.28. The van der Waals surface area contributed by atoms with Crippen molar-refractivity contribution >= 4 is 0 Å². The highest BCUT2D eigenvalue weighted by molar-refractivity contribution is 5.35. The Labute approximate surface area is 114 Å². The van der Waals surface area contributed by atoms with E-state index in [-0.39, 0.29) is 11.8 Å². The van der Waals surface area contributed by atoms with E-state index in [2.05, 4.69) is 10.2 Å². The minimum absolute atomic E-state index is 0.259. The van der Waals surface area contributed by atoms with Crippen LogP contribution in [0.25, 0.3) is 0 Å². The maximum Gasteiger partial charge on any atom is 0.573 e. The molecular weight excluding hydrogens is 269 g/mol. The highest BCUT2D eigenvalue weighted by Gasteiger charge is 2.31. The molecule has 0 aliphatic heterocycles. The van der Waals surface area contributed by atoms with Gasteiger partial charge in [-0.15, -0.1) is 13.2 Å². The first-order chi connectivity index (χ1) is 9.49. The molecule has 2 rings (SSSR count). The van der Waals surface area contributed by atoms with Gasteiger partial charge in [-0.1, -0.05) is 42.5 Å². The number of rotatable bonds is 4. The Kier molecular flexibility index (Phi) is 4.26. The lowest BCUT2D eigenvalue weighted by atomic mass is 9.99. The summed E-state index contributed by atoms with van der Waals surface area (Å²) in [5.74, 6) is 5.26. The zero-order chi connectivity index (χ0) is 14.6. The number of halogens is 3. The Morgan fingerprint density at radius 2 is 1.45 bits per heavy atom. The Morgan fingerprint density at radius 3 is 1.95 bits per heavy atom. The zero-order valence-corrected chi connectivity index (χ0v) is 10.4. The van der Waals surface area contributed by atoms with Gasteiger partial charge in [-0.2, -0.15) is 0 Å². The van der Waals surface area contributed by atoms with Gasteiger partial charge >= 0.3 is 6.36 Å². The minimum Gasteiger partial charge on any atom is -0.406 e. The van der Waals surface area contributed by atoms with Crippen molar-refractivity contribution in [2.45, 2.75) is 12.4 Å². The van der Waals surface area contributed by atoms with Crippen LogP contribution in [0.4, 0.5) is 13.2 Å². The van der Waals surface area contributed by atoms with E-state index in [1.807, 2.05) is 30.3 Å². The summed E-state index contributed by atoms with van der Waals surface area (Å²) in [4.78, 5) is 0. The van der Waals surface area contributed by atoms with Gasteiger partial charge in [-0.05, 0) is 23.3 Å². The molecule has 0 saturated carbocycles. The van der Waals surface area contributed by atoms with Gasteiger partial charge in [0.05, 0.1) is 6.04 Å². The predicted octanol–water partition coefficient (Wildman–Crippen LogP) is 3.14. The van der Waals surface area contributed by atoms with Gasteiger partial charge in [0.2, 0.25) is 0 Å².